The summed E-state index contributed by atoms with van der Waals surface area (Å²) in [6, 6.07) is 12.6. The van der Waals surface area contributed by atoms with Gasteiger partial charge in [0.15, 0.2) is 0 Å². The van der Waals surface area contributed by atoms with Gasteiger partial charge in [0.25, 0.3) is 0 Å². The van der Waals surface area contributed by atoms with Crippen LogP contribution in [-0.2, 0) is 6.42 Å². The average molecular weight is 394 g/mol. The molecule has 0 bridgehead atoms. The Balaban J connectivity index is 1.33. The van der Waals surface area contributed by atoms with Gasteiger partial charge in [0.2, 0.25) is 0 Å². The van der Waals surface area contributed by atoms with E-state index >= 15 is 0 Å². The van der Waals surface area contributed by atoms with E-state index in [0.717, 1.165) is 41.9 Å². The molecule has 29 heavy (non-hydrogen) atoms. The molecule has 0 N–H and O–H groups in total. The molecule has 0 amide bonds. The third-order valence-electron chi connectivity index (χ3n) is 6.59. The highest BCUT2D eigenvalue weighted by molar-refractivity contribution is 5.60. The minimum Gasteiger partial charge on any atom is -0.494 e. The second-order valence-corrected chi connectivity index (χ2v) is 8.80. The number of pyridine rings is 1. The third-order valence-corrected chi connectivity index (χ3v) is 6.59. The molecule has 3 rings (SSSR count). The van der Waals surface area contributed by atoms with Crippen LogP contribution in [0, 0.1) is 11.8 Å². The Kier molecular flexibility index (Phi) is 9.05. The molecule has 1 saturated carbocycles. The molecular formula is C27H39NO. The van der Waals surface area contributed by atoms with Crippen LogP contribution in [0.1, 0.15) is 83.6 Å². The molecule has 1 aromatic carbocycles. The van der Waals surface area contributed by atoms with Crippen LogP contribution in [0.2, 0.25) is 0 Å². The summed E-state index contributed by atoms with van der Waals surface area (Å²) >= 11 is 0. The largest absolute Gasteiger partial charge is 0.494 e. The molecule has 1 aliphatic rings. The van der Waals surface area contributed by atoms with E-state index in [1.807, 2.05) is 6.20 Å². The summed E-state index contributed by atoms with van der Waals surface area (Å²) in [4.78, 5) is 4.56. The van der Waals surface area contributed by atoms with Gasteiger partial charge >= 0.3 is 0 Å². The summed E-state index contributed by atoms with van der Waals surface area (Å²) in [5.41, 5.74) is 3.45. The number of benzene rings is 1. The monoisotopic (exact) mass is 393 g/mol. The van der Waals surface area contributed by atoms with Gasteiger partial charge in [-0.15, -0.1) is 0 Å². The summed E-state index contributed by atoms with van der Waals surface area (Å²) < 4.78 is 5.99. The SMILES string of the molecule is CCCCC[C@H]1CC[C@H](CCCOc2ccc(-c3ccc(CC)cn3)cc2)CC1. The third kappa shape index (κ3) is 7.17. The maximum atomic E-state index is 5.99. The van der Waals surface area contributed by atoms with Crippen molar-refractivity contribution in [2.75, 3.05) is 6.61 Å². The van der Waals surface area contributed by atoms with E-state index in [-0.39, 0.29) is 0 Å². The number of ether oxygens (including phenoxy) is 1. The maximum absolute atomic E-state index is 5.99. The number of aryl methyl sites for hydroxylation is 1. The normalized spacial score (nSPS) is 19.2. The van der Waals surface area contributed by atoms with E-state index in [0.29, 0.717) is 0 Å². The van der Waals surface area contributed by atoms with E-state index in [2.05, 4.69) is 55.2 Å². The summed E-state index contributed by atoms with van der Waals surface area (Å²) in [6.45, 7) is 5.29. The van der Waals surface area contributed by atoms with Crippen molar-refractivity contribution in [3.63, 3.8) is 0 Å². The van der Waals surface area contributed by atoms with Crippen LogP contribution in [0.25, 0.3) is 11.3 Å². The van der Waals surface area contributed by atoms with Gasteiger partial charge in [-0.25, -0.2) is 0 Å². The molecule has 1 aromatic heterocycles. The van der Waals surface area contributed by atoms with Crippen LogP contribution in [0.5, 0.6) is 5.75 Å². The second-order valence-electron chi connectivity index (χ2n) is 8.80. The van der Waals surface area contributed by atoms with Crippen LogP contribution < -0.4 is 4.74 Å². The first-order valence-electron chi connectivity index (χ1n) is 12.0. The fraction of sp³-hybridized carbons (Fsp3) is 0.593. The average Bonchev–Trinajstić information content (AvgIpc) is 2.78. The van der Waals surface area contributed by atoms with Gasteiger partial charge in [0.05, 0.1) is 12.3 Å². The zero-order valence-electron chi connectivity index (χ0n) is 18.5. The highest BCUT2D eigenvalue weighted by Crippen LogP contribution is 2.34. The number of aromatic nitrogens is 1. The lowest BCUT2D eigenvalue weighted by Gasteiger charge is -2.28. The number of unbranched alkanes of at least 4 members (excludes halogenated alkanes) is 2. The molecule has 0 aliphatic heterocycles. The first kappa shape index (κ1) is 21.9. The van der Waals surface area contributed by atoms with Crippen molar-refractivity contribution in [1.82, 2.24) is 4.98 Å². The molecule has 1 fully saturated rings. The van der Waals surface area contributed by atoms with Crippen molar-refractivity contribution in [2.45, 2.75) is 84.5 Å². The van der Waals surface area contributed by atoms with Crippen molar-refractivity contribution < 1.29 is 4.74 Å². The summed E-state index contributed by atoms with van der Waals surface area (Å²) in [6.07, 6.45) is 17.0. The lowest BCUT2D eigenvalue weighted by atomic mass is 9.78. The Labute approximate surface area is 178 Å². The molecule has 0 atom stereocenters. The smallest absolute Gasteiger partial charge is 0.119 e. The fourth-order valence-electron chi connectivity index (χ4n) is 4.58. The Bertz CT molecular complexity index is 683. The molecule has 1 aliphatic carbocycles. The van der Waals surface area contributed by atoms with E-state index < -0.39 is 0 Å². The van der Waals surface area contributed by atoms with Crippen LogP contribution >= 0.6 is 0 Å². The van der Waals surface area contributed by atoms with Crippen molar-refractivity contribution in [2.24, 2.45) is 11.8 Å². The lowest BCUT2D eigenvalue weighted by Crippen LogP contribution is -2.15. The molecular weight excluding hydrogens is 354 g/mol. The molecule has 2 aromatic rings. The number of nitrogens with zero attached hydrogens (tertiary/aromatic N) is 1. The number of hydrogen-bond donors (Lipinski definition) is 0. The van der Waals surface area contributed by atoms with E-state index in [4.69, 9.17) is 4.74 Å². The van der Waals surface area contributed by atoms with Crippen LogP contribution in [0.15, 0.2) is 42.6 Å². The van der Waals surface area contributed by atoms with Gasteiger partial charge < -0.3 is 4.74 Å². The topological polar surface area (TPSA) is 22.1 Å². The Morgan fingerprint density at radius 2 is 1.52 bits per heavy atom. The van der Waals surface area contributed by atoms with Crippen molar-refractivity contribution in [3.05, 3.63) is 48.2 Å². The quantitative estimate of drug-likeness (QED) is 0.362. The molecule has 0 saturated heterocycles. The maximum Gasteiger partial charge on any atom is 0.119 e. The van der Waals surface area contributed by atoms with Crippen LogP contribution in [0.4, 0.5) is 0 Å². The molecule has 2 nitrogen and oxygen atoms in total. The van der Waals surface area contributed by atoms with Crippen molar-refractivity contribution in [1.29, 1.82) is 0 Å². The summed E-state index contributed by atoms with van der Waals surface area (Å²) in [5, 5.41) is 0. The minimum atomic E-state index is 0.833. The fourth-order valence-corrected chi connectivity index (χ4v) is 4.58. The highest BCUT2D eigenvalue weighted by atomic mass is 16.5. The predicted molar refractivity (Wildman–Crippen MR) is 123 cm³/mol. The minimum absolute atomic E-state index is 0.833. The van der Waals surface area contributed by atoms with Crippen molar-refractivity contribution in [3.8, 4) is 17.0 Å². The first-order valence-corrected chi connectivity index (χ1v) is 12.0. The van der Waals surface area contributed by atoms with E-state index in [1.54, 1.807) is 0 Å². The molecule has 2 heteroatoms. The van der Waals surface area contributed by atoms with Gasteiger partial charge in [0.1, 0.15) is 5.75 Å². The Hall–Kier alpha value is -1.83. The molecule has 1 heterocycles. The standard InChI is InChI=1S/C27H39NO/c1-3-5-6-8-23-10-12-24(13-11-23)9-7-20-29-26-17-15-25(16-18-26)27-19-14-22(4-2)21-28-27/h14-19,21,23-24H,3-13,20H2,1-2H3/t23-,24-. The Morgan fingerprint density at radius 3 is 2.10 bits per heavy atom. The van der Waals surface area contributed by atoms with Gasteiger partial charge in [-0.05, 0) is 67.0 Å². The van der Waals surface area contributed by atoms with Gasteiger partial charge in [-0.1, -0.05) is 71.3 Å². The summed E-state index contributed by atoms with van der Waals surface area (Å²) in [5.74, 6) is 2.92. The summed E-state index contributed by atoms with van der Waals surface area (Å²) in [7, 11) is 0. The van der Waals surface area contributed by atoms with E-state index in [1.165, 1.54) is 69.8 Å². The lowest BCUT2D eigenvalue weighted by molar-refractivity contribution is 0.228. The predicted octanol–water partition coefficient (Wildman–Crippen LogP) is 7.86. The van der Waals surface area contributed by atoms with Gasteiger partial charge in [-0.2, -0.15) is 0 Å². The van der Waals surface area contributed by atoms with Crippen LogP contribution in [-0.4, -0.2) is 11.6 Å². The van der Waals surface area contributed by atoms with Gasteiger partial charge in [0, 0.05) is 11.8 Å². The second kappa shape index (κ2) is 12.0. The zero-order chi connectivity index (χ0) is 20.3. The van der Waals surface area contributed by atoms with Crippen LogP contribution in [0.3, 0.4) is 0 Å². The first-order chi connectivity index (χ1) is 14.3. The zero-order valence-corrected chi connectivity index (χ0v) is 18.5. The number of hydrogen-bond acceptors (Lipinski definition) is 2. The highest BCUT2D eigenvalue weighted by Gasteiger charge is 2.20. The van der Waals surface area contributed by atoms with Crippen molar-refractivity contribution >= 4 is 0 Å². The van der Waals surface area contributed by atoms with E-state index in [9.17, 15) is 0 Å². The molecule has 0 unspecified atom stereocenters. The molecule has 0 spiro atoms. The molecule has 0 radical (unpaired) electrons. The number of rotatable bonds is 11. The van der Waals surface area contributed by atoms with Gasteiger partial charge in [-0.3, -0.25) is 4.98 Å². The Morgan fingerprint density at radius 1 is 0.828 bits per heavy atom. The molecule has 158 valence electrons.